The molecule has 3 heteroatoms. The summed E-state index contributed by atoms with van der Waals surface area (Å²) < 4.78 is 0. The van der Waals surface area contributed by atoms with Crippen LogP contribution >= 0.6 is 0 Å². The van der Waals surface area contributed by atoms with Gasteiger partial charge in [-0.05, 0) is 31.6 Å². The van der Waals surface area contributed by atoms with E-state index in [2.05, 4.69) is 6.92 Å². The Balaban J connectivity index is 2.28. The molecule has 3 nitrogen and oxygen atoms in total. The summed E-state index contributed by atoms with van der Waals surface area (Å²) in [7, 11) is 0. The zero-order valence-corrected chi connectivity index (χ0v) is 10.7. The second kappa shape index (κ2) is 4.60. The van der Waals surface area contributed by atoms with Crippen molar-refractivity contribution in [2.24, 2.45) is 11.3 Å². The lowest BCUT2D eigenvalue weighted by Crippen LogP contribution is -2.56. The maximum atomic E-state index is 11.7. The predicted molar refractivity (Wildman–Crippen MR) is 65.7 cm³/mol. The minimum absolute atomic E-state index is 0.451. The van der Waals surface area contributed by atoms with Crippen LogP contribution in [-0.2, 0) is 4.79 Å². The molecule has 17 heavy (non-hydrogen) atoms. The normalized spacial score (nSPS) is 37.6. The van der Waals surface area contributed by atoms with Gasteiger partial charge in [-0.3, -0.25) is 4.79 Å². The second-order valence-corrected chi connectivity index (χ2v) is 6.18. The van der Waals surface area contributed by atoms with Gasteiger partial charge in [0.2, 0.25) is 0 Å². The molecule has 0 heterocycles. The molecular formula is C14H24O3. The fourth-order valence-corrected chi connectivity index (χ4v) is 3.99. The van der Waals surface area contributed by atoms with Crippen LogP contribution < -0.4 is 0 Å². The van der Waals surface area contributed by atoms with Gasteiger partial charge in [-0.25, -0.2) is 0 Å². The van der Waals surface area contributed by atoms with E-state index in [1.54, 1.807) is 0 Å². The van der Waals surface area contributed by atoms with E-state index >= 15 is 0 Å². The molecule has 2 N–H and O–H groups in total. The Hall–Kier alpha value is -0.570. The summed E-state index contributed by atoms with van der Waals surface area (Å²) in [5.74, 6) is -0.319. The van der Waals surface area contributed by atoms with Crippen LogP contribution in [0, 0.1) is 11.3 Å². The molecule has 2 rings (SSSR count). The van der Waals surface area contributed by atoms with Crippen LogP contribution in [0.1, 0.15) is 64.7 Å². The largest absolute Gasteiger partial charge is 0.481 e. The average Bonchev–Trinajstić information content (AvgIpc) is 2.29. The van der Waals surface area contributed by atoms with Crippen molar-refractivity contribution in [3.8, 4) is 0 Å². The van der Waals surface area contributed by atoms with Crippen molar-refractivity contribution >= 4 is 5.97 Å². The number of hydrogen-bond donors (Lipinski definition) is 2. The number of aliphatic carboxylic acids is 1. The molecular weight excluding hydrogens is 216 g/mol. The lowest BCUT2D eigenvalue weighted by molar-refractivity contribution is -0.183. The molecule has 2 aliphatic carbocycles. The van der Waals surface area contributed by atoms with Gasteiger partial charge in [-0.1, -0.05) is 39.0 Å². The molecule has 2 saturated carbocycles. The third kappa shape index (κ3) is 2.10. The standard InChI is InChI=1S/C14H24O3/c1-11-6-5-9-14(17,10-11)13(12(15)16)7-3-2-4-8-13/h11,17H,2-10H2,1H3,(H,15,16). The van der Waals surface area contributed by atoms with Gasteiger partial charge in [0.1, 0.15) is 0 Å². The van der Waals surface area contributed by atoms with Gasteiger partial charge in [0.15, 0.2) is 0 Å². The lowest BCUT2D eigenvalue weighted by atomic mass is 9.57. The van der Waals surface area contributed by atoms with Crippen molar-refractivity contribution in [3.63, 3.8) is 0 Å². The van der Waals surface area contributed by atoms with Crippen LogP contribution in [0.5, 0.6) is 0 Å². The first-order valence-electron chi connectivity index (χ1n) is 6.96. The highest BCUT2D eigenvalue weighted by atomic mass is 16.4. The molecule has 0 radical (unpaired) electrons. The maximum Gasteiger partial charge on any atom is 0.312 e. The molecule has 0 aromatic carbocycles. The monoisotopic (exact) mass is 240 g/mol. The first kappa shape index (κ1) is 12.9. The second-order valence-electron chi connectivity index (χ2n) is 6.18. The van der Waals surface area contributed by atoms with Crippen molar-refractivity contribution in [3.05, 3.63) is 0 Å². The van der Waals surface area contributed by atoms with Gasteiger partial charge < -0.3 is 10.2 Å². The number of hydrogen-bond acceptors (Lipinski definition) is 2. The van der Waals surface area contributed by atoms with E-state index in [-0.39, 0.29) is 0 Å². The summed E-state index contributed by atoms with van der Waals surface area (Å²) in [6.45, 7) is 2.13. The molecule has 2 unspecified atom stereocenters. The van der Waals surface area contributed by atoms with Gasteiger partial charge in [-0.15, -0.1) is 0 Å². The summed E-state index contributed by atoms with van der Waals surface area (Å²) in [5, 5.41) is 20.5. The Morgan fingerprint density at radius 3 is 2.29 bits per heavy atom. The lowest BCUT2D eigenvalue weighted by Gasteiger charge is -2.49. The summed E-state index contributed by atoms with van der Waals surface area (Å²) in [5.41, 5.74) is -1.82. The molecule has 0 aliphatic heterocycles. The quantitative estimate of drug-likeness (QED) is 0.780. The Kier molecular flexibility index (Phi) is 3.48. The first-order valence-corrected chi connectivity index (χ1v) is 6.96. The first-order chi connectivity index (χ1) is 8.00. The number of carboxylic acids is 1. The molecule has 2 aliphatic rings. The fraction of sp³-hybridized carbons (Fsp3) is 0.929. The molecule has 0 aromatic rings. The topological polar surface area (TPSA) is 57.5 Å². The average molecular weight is 240 g/mol. The zero-order chi connectivity index (χ0) is 12.5. The van der Waals surface area contributed by atoms with E-state index in [0.717, 1.165) is 32.1 Å². The highest BCUT2D eigenvalue weighted by Gasteiger charge is 2.56. The van der Waals surface area contributed by atoms with Gasteiger partial charge >= 0.3 is 5.97 Å². The summed E-state index contributed by atoms with van der Waals surface area (Å²) in [6, 6.07) is 0. The molecule has 0 bridgehead atoms. The Bertz CT molecular complexity index is 294. The molecule has 0 saturated heterocycles. The predicted octanol–water partition coefficient (Wildman–Crippen LogP) is 2.96. The molecule has 0 amide bonds. The molecule has 98 valence electrons. The molecule has 0 spiro atoms. The van der Waals surface area contributed by atoms with Crippen molar-refractivity contribution in [1.82, 2.24) is 0 Å². The van der Waals surface area contributed by atoms with E-state index in [9.17, 15) is 15.0 Å². The molecule has 2 fully saturated rings. The van der Waals surface area contributed by atoms with Crippen LogP contribution in [0.4, 0.5) is 0 Å². The van der Waals surface area contributed by atoms with Crippen molar-refractivity contribution < 1.29 is 15.0 Å². The fourth-order valence-electron chi connectivity index (χ4n) is 3.99. The number of carboxylic acid groups (broad SMARTS) is 1. The van der Waals surface area contributed by atoms with Gasteiger partial charge in [0.25, 0.3) is 0 Å². The van der Waals surface area contributed by atoms with Gasteiger partial charge in [0.05, 0.1) is 11.0 Å². The van der Waals surface area contributed by atoms with E-state index in [1.165, 1.54) is 0 Å². The van der Waals surface area contributed by atoms with Crippen LogP contribution in [0.2, 0.25) is 0 Å². The number of carbonyl (C=O) groups is 1. The van der Waals surface area contributed by atoms with E-state index in [0.29, 0.717) is 31.6 Å². The summed E-state index contributed by atoms with van der Waals surface area (Å²) in [6.07, 6.45) is 7.75. The SMILES string of the molecule is CC1CCCC(O)(C2(C(=O)O)CCCCC2)C1. The van der Waals surface area contributed by atoms with Crippen molar-refractivity contribution in [2.45, 2.75) is 70.3 Å². The van der Waals surface area contributed by atoms with Crippen molar-refractivity contribution in [2.75, 3.05) is 0 Å². The van der Waals surface area contributed by atoms with Crippen LogP contribution in [0.25, 0.3) is 0 Å². The van der Waals surface area contributed by atoms with Gasteiger partial charge in [-0.2, -0.15) is 0 Å². The van der Waals surface area contributed by atoms with Crippen LogP contribution in [0.3, 0.4) is 0 Å². The van der Waals surface area contributed by atoms with Crippen molar-refractivity contribution in [1.29, 1.82) is 0 Å². The summed E-state index contributed by atoms with van der Waals surface area (Å²) >= 11 is 0. The smallest absolute Gasteiger partial charge is 0.312 e. The summed E-state index contributed by atoms with van der Waals surface area (Å²) in [4.78, 5) is 11.7. The third-order valence-corrected chi connectivity index (χ3v) is 4.98. The molecule has 2 atom stereocenters. The van der Waals surface area contributed by atoms with Crippen LogP contribution in [-0.4, -0.2) is 21.8 Å². The minimum Gasteiger partial charge on any atom is -0.481 e. The highest BCUT2D eigenvalue weighted by Crippen LogP contribution is 2.52. The van der Waals surface area contributed by atoms with E-state index in [1.807, 2.05) is 0 Å². The van der Waals surface area contributed by atoms with E-state index < -0.39 is 17.0 Å². The zero-order valence-electron chi connectivity index (χ0n) is 10.7. The highest BCUT2D eigenvalue weighted by molar-refractivity contribution is 5.76. The van der Waals surface area contributed by atoms with Crippen LogP contribution in [0.15, 0.2) is 0 Å². The maximum absolute atomic E-state index is 11.7. The number of rotatable bonds is 2. The Morgan fingerprint density at radius 2 is 1.76 bits per heavy atom. The Morgan fingerprint density at radius 1 is 1.12 bits per heavy atom. The van der Waals surface area contributed by atoms with Gasteiger partial charge in [0, 0.05) is 0 Å². The number of aliphatic hydroxyl groups is 1. The van der Waals surface area contributed by atoms with E-state index in [4.69, 9.17) is 0 Å². The molecule has 0 aromatic heterocycles. The third-order valence-electron chi connectivity index (χ3n) is 4.98. The Labute approximate surface area is 103 Å². The minimum atomic E-state index is -0.961.